The first kappa shape index (κ1) is 27.2. The van der Waals surface area contributed by atoms with Crippen LogP contribution in [0.1, 0.15) is 30.9 Å². The summed E-state index contributed by atoms with van der Waals surface area (Å²) in [5.41, 5.74) is 1.98. The molecule has 1 aliphatic heterocycles. The Morgan fingerprint density at radius 2 is 2.14 bits per heavy atom. The second kappa shape index (κ2) is 13.6. The molecule has 0 spiro atoms. The number of hydrogen-bond donors (Lipinski definition) is 2. The topological polar surface area (TPSA) is 123 Å². The van der Waals surface area contributed by atoms with E-state index in [1.807, 2.05) is 6.07 Å². The average molecular weight is 502 g/mol. The van der Waals surface area contributed by atoms with Crippen LogP contribution in [-0.4, -0.2) is 72.6 Å². The highest BCUT2D eigenvalue weighted by molar-refractivity contribution is 5.92. The van der Waals surface area contributed by atoms with Crippen LogP contribution in [0.2, 0.25) is 0 Å². The van der Waals surface area contributed by atoms with E-state index in [-0.39, 0.29) is 11.8 Å². The number of ether oxygens (including phenoxy) is 1. The molecule has 2 heterocycles. The maximum Gasteiger partial charge on any atom is 0.246 e. The van der Waals surface area contributed by atoms with E-state index >= 15 is 0 Å². The molecule has 1 aliphatic rings. The molecule has 0 saturated carbocycles. The van der Waals surface area contributed by atoms with Crippen LogP contribution in [0.5, 0.6) is 0 Å². The average Bonchev–Trinajstić information content (AvgIpc) is 2.94. The highest BCUT2D eigenvalue weighted by Crippen LogP contribution is 2.22. The van der Waals surface area contributed by atoms with E-state index in [2.05, 4.69) is 45.0 Å². The fourth-order valence-corrected chi connectivity index (χ4v) is 3.54. The molecule has 0 unspecified atom stereocenters. The molecule has 2 aromatic rings. The van der Waals surface area contributed by atoms with Gasteiger partial charge in [-0.25, -0.2) is 4.98 Å². The summed E-state index contributed by atoms with van der Waals surface area (Å²) in [6.07, 6.45) is 4.10. The SMILES string of the molecule is C=CC(=O)N(C)[C@@H](C)C(=O)NCCCC#Cc1cnc(Nc2cccc(C#N)c2)nc1N1CCOCC1. The molecule has 2 N–H and O–H groups in total. The van der Waals surface area contributed by atoms with Gasteiger partial charge in [-0.15, -0.1) is 0 Å². The van der Waals surface area contributed by atoms with E-state index in [0.717, 1.165) is 11.5 Å². The Kier molecular flexibility index (Phi) is 10.0. The van der Waals surface area contributed by atoms with Gasteiger partial charge in [-0.3, -0.25) is 9.59 Å². The number of rotatable bonds is 9. The quantitative estimate of drug-likeness (QED) is 0.305. The monoisotopic (exact) mass is 501 g/mol. The van der Waals surface area contributed by atoms with E-state index in [9.17, 15) is 9.59 Å². The lowest BCUT2D eigenvalue weighted by atomic mass is 10.2. The largest absolute Gasteiger partial charge is 0.378 e. The van der Waals surface area contributed by atoms with Crippen LogP contribution >= 0.6 is 0 Å². The van der Waals surface area contributed by atoms with Crippen LogP contribution < -0.4 is 15.5 Å². The van der Waals surface area contributed by atoms with Gasteiger partial charge >= 0.3 is 0 Å². The number of morpholine rings is 1. The van der Waals surface area contributed by atoms with E-state index in [4.69, 9.17) is 15.0 Å². The number of carbonyl (C=O) groups excluding carboxylic acids is 2. The van der Waals surface area contributed by atoms with E-state index in [1.54, 1.807) is 38.4 Å². The van der Waals surface area contributed by atoms with Crippen LogP contribution in [0.25, 0.3) is 0 Å². The zero-order valence-electron chi connectivity index (χ0n) is 21.2. The molecule has 37 heavy (non-hydrogen) atoms. The van der Waals surface area contributed by atoms with Crippen molar-refractivity contribution in [2.45, 2.75) is 25.8 Å². The lowest BCUT2D eigenvalue weighted by Crippen LogP contribution is -2.45. The van der Waals surface area contributed by atoms with Crippen molar-refractivity contribution < 1.29 is 14.3 Å². The maximum atomic E-state index is 12.2. The summed E-state index contributed by atoms with van der Waals surface area (Å²) in [5, 5.41) is 15.1. The van der Waals surface area contributed by atoms with Gasteiger partial charge in [-0.1, -0.05) is 24.5 Å². The summed E-state index contributed by atoms with van der Waals surface area (Å²) in [7, 11) is 1.57. The predicted octanol–water partition coefficient (Wildman–Crippen LogP) is 2.21. The number of likely N-dealkylation sites (N-methyl/N-ethyl adjacent to an activating group) is 1. The van der Waals surface area contributed by atoms with Gasteiger partial charge in [0.25, 0.3) is 0 Å². The van der Waals surface area contributed by atoms with Crippen molar-refractivity contribution in [3.8, 4) is 17.9 Å². The van der Waals surface area contributed by atoms with E-state index in [0.29, 0.717) is 62.8 Å². The van der Waals surface area contributed by atoms with Crippen LogP contribution in [-0.2, 0) is 14.3 Å². The highest BCUT2D eigenvalue weighted by Gasteiger charge is 2.20. The van der Waals surface area contributed by atoms with Gasteiger partial charge in [0.15, 0.2) is 0 Å². The summed E-state index contributed by atoms with van der Waals surface area (Å²) in [6.45, 7) is 8.16. The molecule has 10 nitrogen and oxygen atoms in total. The van der Waals surface area contributed by atoms with Crippen molar-refractivity contribution in [1.29, 1.82) is 5.26 Å². The first-order valence-corrected chi connectivity index (χ1v) is 12.1. The molecule has 1 atom stereocenters. The summed E-state index contributed by atoms with van der Waals surface area (Å²) < 4.78 is 5.48. The molecule has 1 aromatic heterocycles. The standard InChI is InChI=1S/C27H31N7O3/c1-4-24(35)33(3)20(2)26(36)29-12-7-5-6-10-22-19-30-27(31-23-11-8-9-21(17-23)18-28)32-25(22)34-13-15-37-16-14-34/h4,8-9,11,17,19-20H,1,5,7,12-16H2,2-3H3,(H,29,36)(H,30,31,32)/t20-/m0/s1. The highest BCUT2D eigenvalue weighted by atomic mass is 16.5. The molecule has 3 rings (SSSR count). The summed E-state index contributed by atoms with van der Waals surface area (Å²) in [6, 6.07) is 8.66. The molecular formula is C27H31N7O3. The van der Waals surface area contributed by atoms with Gasteiger partial charge < -0.3 is 25.2 Å². The van der Waals surface area contributed by atoms with Crippen molar-refractivity contribution >= 4 is 29.3 Å². The van der Waals surface area contributed by atoms with E-state index in [1.165, 1.54) is 11.0 Å². The Hall–Kier alpha value is -4.41. The molecule has 1 aromatic carbocycles. The third kappa shape index (κ3) is 7.79. The Labute approximate surface area is 217 Å². The van der Waals surface area contributed by atoms with Crippen molar-refractivity contribution in [3.05, 3.63) is 54.2 Å². The summed E-state index contributed by atoms with van der Waals surface area (Å²) >= 11 is 0. The zero-order chi connectivity index (χ0) is 26.6. The number of benzene rings is 1. The van der Waals surface area contributed by atoms with Crippen molar-refractivity contribution in [3.63, 3.8) is 0 Å². The van der Waals surface area contributed by atoms with Gasteiger partial charge in [-0.05, 0) is 37.6 Å². The molecule has 0 bridgehead atoms. The normalized spacial score (nSPS) is 13.4. The van der Waals surface area contributed by atoms with Crippen LogP contribution in [0.4, 0.5) is 17.5 Å². The smallest absolute Gasteiger partial charge is 0.246 e. The number of anilines is 3. The van der Waals surface area contributed by atoms with Crippen molar-refractivity contribution in [2.24, 2.45) is 0 Å². The zero-order valence-corrected chi connectivity index (χ0v) is 21.2. The third-order valence-electron chi connectivity index (χ3n) is 5.81. The first-order chi connectivity index (χ1) is 17.9. The Morgan fingerprint density at radius 1 is 1.35 bits per heavy atom. The second-order valence-electron chi connectivity index (χ2n) is 8.37. The lowest BCUT2D eigenvalue weighted by Gasteiger charge is -2.28. The Morgan fingerprint density at radius 3 is 2.86 bits per heavy atom. The molecule has 2 amide bonds. The van der Waals surface area contributed by atoms with Gasteiger partial charge in [0.2, 0.25) is 17.8 Å². The fourth-order valence-electron chi connectivity index (χ4n) is 3.54. The fraction of sp³-hybridized carbons (Fsp3) is 0.370. The van der Waals surface area contributed by atoms with E-state index < -0.39 is 6.04 Å². The van der Waals surface area contributed by atoms with Gasteiger partial charge in [0.05, 0.1) is 36.6 Å². The van der Waals surface area contributed by atoms with Crippen LogP contribution in [0.3, 0.4) is 0 Å². The van der Waals surface area contributed by atoms with Gasteiger partial charge in [0.1, 0.15) is 11.9 Å². The number of amides is 2. The number of hydrogen-bond acceptors (Lipinski definition) is 8. The van der Waals surface area contributed by atoms with Crippen molar-refractivity contribution in [1.82, 2.24) is 20.2 Å². The number of unbranched alkanes of at least 4 members (excludes halogenated alkanes) is 1. The molecule has 0 radical (unpaired) electrons. The summed E-state index contributed by atoms with van der Waals surface area (Å²) in [5.74, 6) is 6.92. The number of carbonyl (C=O) groups is 2. The minimum atomic E-state index is -0.584. The second-order valence-corrected chi connectivity index (χ2v) is 8.37. The first-order valence-electron chi connectivity index (χ1n) is 12.1. The van der Waals surface area contributed by atoms with Crippen molar-refractivity contribution in [2.75, 3.05) is 50.1 Å². The number of nitriles is 1. The number of nitrogens with zero attached hydrogens (tertiary/aromatic N) is 5. The minimum absolute atomic E-state index is 0.225. The molecule has 1 fully saturated rings. The maximum absolute atomic E-state index is 12.2. The van der Waals surface area contributed by atoms with Gasteiger partial charge in [0, 0.05) is 38.8 Å². The predicted molar refractivity (Wildman–Crippen MR) is 141 cm³/mol. The molecule has 192 valence electrons. The summed E-state index contributed by atoms with van der Waals surface area (Å²) in [4.78, 5) is 36.5. The number of aromatic nitrogens is 2. The molecule has 1 saturated heterocycles. The van der Waals surface area contributed by atoms with Gasteiger partial charge in [-0.2, -0.15) is 10.2 Å². The molecule has 10 heteroatoms. The Bertz CT molecular complexity index is 1220. The lowest BCUT2D eigenvalue weighted by molar-refractivity contribution is -0.135. The molecular weight excluding hydrogens is 470 g/mol. The van der Waals surface area contributed by atoms with Crippen LogP contribution in [0, 0.1) is 23.2 Å². The Balaban J connectivity index is 1.62. The minimum Gasteiger partial charge on any atom is -0.378 e. The third-order valence-corrected chi connectivity index (χ3v) is 5.81. The molecule has 0 aliphatic carbocycles. The van der Waals surface area contributed by atoms with Crippen LogP contribution in [0.15, 0.2) is 43.1 Å². The number of nitrogens with one attached hydrogen (secondary N) is 2.